The Kier molecular flexibility index (Phi) is 6.59. The van der Waals surface area contributed by atoms with Crippen LogP contribution in [0, 0.1) is 6.92 Å². The van der Waals surface area contributed by atoms with Crippen molar-refractivity contribution in [1.82, 2.24) is 20.0 Å². The number of carbonyl (C=O) groups is 2. The number of likely N-dealkylation sites (tertiary alicyclic amines) is 1. The number of amides is 2. The van der Waals surface area contributed by atoms with E-state index in [4.69, 9.17) is 0 Å². The molecule has 2 rings (SSSR count). The second-order valence-electron chi connectivity index (χ2n) is 7.14. The van der Waals surface area contributed by atoms with Crippen molar-refractivity contribution < 1.29 is 9.59 Å². The fourth-order valence-corrected chi connectivity index (χ4v) is 3.84. The molecule has 1 unspecified atom stereocenters. The molecular weight excluding hydrogens is 336 g/mol. The van der Waals surface area contributed by atoms with Gasteiger partial charge in [-0.05, 0) is 67.0 Å². The van der Waals surface area contributed by atoms with Gasteiger partial charge >= 0.3 is 0 Å². The Morgan fingerprint density at radius 3 is 2.44 bits per heavy atom. The largest absolute Gasteiger partial charge is 0.349 e. The maximum absolute atomic E-state index is 12.7. The monoisotopic (exact) mass is 366 g/mol. The van der Waals surface area contributed by atoms with Gasteiger partial charge in [0.2, 0.25) is 0 Å². The van der Waals surface area contributed by atoms with E-state index in [9.17, 15) is 9.59 Å². The molecule has 1 aromatic heterocycles. The van der Waals surface area contributed by atoms with E-state index < -0.39 is 0 Å². The molecule has 0 bridgehead atoms. The van der Waals surface area contributed by atoms with Crippen molar-refractivity contribution in [3.63, 3.8) is 0 Å². The minimum atomic E-state index is -0.0648. The molecule has 140 valence electrons. The third kappa shape index (κ3) is 4.80. The van der Waals surface area contributed by atoms with Gasteiger partial charge < -0.3 is 15.1 Å². The summed E-state index contributed by atoms with van der Waals surface area (Å²) in [6.45, 7) is 5.89. The lowest BCUT2D eigenvalue weighted by Crippen LogP contribution is -2.44. The average molecular weight is 367 g/mol. The van der Waals surface area contributed by atoms with Crippen molar-refractivity contribution in [3.8, 4) is 0 Å². The van der Waals surface area contributed by atoms with Crippen LogP contribution in [0.4, 0.5) is 0 Å². The van der Waals surface area contributed by atoms with Crippen molar-refractivity contribution in [1.29, 1.82) is 0 Å². The summed E-state index contributed by atoms with van der Waals surface area (Å²) in [5.41, 5.74) is 0.620. The highest BCUT2D eigenvalue weighted by molar-refractivity contribution is 7.14. The van der Waals surface area contributed by atoms with Crippen LogP contribution in [0.15, 0.2) is 6.07 Å². The third-order valence-electron chi connectivity index (χ3n) is 5.05. The van der Waals surface area contributed by atoms with Crippen LogP contribution >= 0.6 is 11.3 Å². The number of nitrogens with zero attached hydrogens (tertiary/aromatic N) is 3. The lowest BCUT2D eigenvalue weighted by Gasteiger charge is -2.30. The third-order valence-corrected chi connectivity index (χ3v) is 6.10. The van der Waals surface area contributed by atoms with Gasteiger partial charge in [-0.3, -0.25) is 14.5 Å². The molecule has 2 heterocycles. The summed E-state index contributed by atoms with van der Waals surface area (Å²) >= 11 is 1.39. The van der Waals surface area contributed by atoms with Crippen LogP contribution in [-0.2, 0) is 0 Å². The van der Waals surface area contributed by atoms with Crippen LogP contribution in [0.1, 0.15) is 44.7 Å². The Morgan fingerprint density at radius 2 is 1.88 bits per heavy atom. The van der Waals surface area contributed by atoms with Gasteiger partial charge in [0.25, 0.3) is 11.8 Å². The van der Waals surface area contributed by atoms with Crippen LogP contribution in [-0.4, -0.2) is 80.0 Å². The summed E-state index contributed by atoms with van der Waals surface area (Å²) in [6.07, 6.45) is 1.94. The predicted octanol–water partition coefficient (Wildman–Crippen LogP) is 1.86. The maximum Gasteiger partial charge on any atom is 0.261 e. The van der Waals surface area contributed by atoms with Gasteiger partial charge in [-0.25, -0.2) is 0 Å². The summed E-state index contributed by atoms with van der Waals surface area (Å²) in [6, 6.07) is 1.97. The van der Waals surface area contributed by atoms with Crippen molar-refractivity contribution in [2.75, 3.05) is 41.3 Å². The number of carbonyl (C=O) groups excluding carboxylic acids is 2. The molecule has 1 fully saturated rings. The number of hydrogen-bond acceptors (Lipinski definition) is 5. The number of piperidine rings is 1. The number of hydrogen-bond donors (Lipinski definition) is 1. The molecule has 0 saturated carbocycles. The minimum absolute atomic E-state index is 0.0108. The van der Waals surface area contributed by atoms with Crippen molar-refractivity contribution in [2.45, 2.75) is 38.9 Å². The summed E-state index contributed by atoms with van der Waals surface area (Å²) in [4.78, 5) is 32.7. The fraction of sp³-hybridized carbons (Fsp3) is 0.667. The maximum atomic E-state index is 12.7. The Morgan fingerprint density at radius 1 is 1.28 bits per heavy atom. The normalized spacial score (nSPS) is 17.6. The second kappa shape index (κ2) is 8.29. The average Bonchev–Trinajstić information content (AvgIpc) is 2.96. The minimum Gasteiger partial charge on any atom is -0.349 e. The number of aryl methyl sites for hydroxylation is 1. The first-order chi connectivity index (χ1) is 11.7. The predicted molar refractivity (Wildman–Crippen MR) is 102 cm³/mol. The van der Waals surface area contributed by atoms with Crippen molar-refractivity contribution in [3.05, 3.63) is 21.4 Å². The van der Waals surface area contributed by atoms with Crippen LogP contribution < -0.4 is 5.32 Å². The van der Waals surface area contributed by atoms with Crippen molar-refractivity contribution in [2.24, 2.45) is 0 Å². The molecule has 0 spiro atoms. The van der Waals surface area contributed by atoms with Gasteiger partial charge in [0.05, 0.1) is 16.6 Å². The number of nitrogens with one attached hydrogen (secondary N) is 1. The molecular formula is C18H30N4O2S. The van der Waals surface area contributed by atoms with E-state index in [0.29, 0.717) is 10.4 Å². The molecule has 1 aliphatic rings. The standard InChI is InChI=1S/C18H30N4O2S/c1-12-15(18(24)22(6)13(2)20(3)4)11-16(25-12)17(23)19-14-7-9-21(5)10-8-14/h11,13-14H,7-10H2,1-6H3,(H,19,23). The van der Waals surface area contributed by atoms with E-state index in [0.717, 1.165) is 30.8 Å². The zero-order valence-electron chi connectivity index (χ0n) is 16.1. The highest BCUT2D eigenvalue weighted by Crippen LogP contribution is 2.24. The van der Waals surface area contributed by atoms with Crippen LogP contribution in [0.2, 0.25) is 0 Å². The highest BCUT2D eigenvalue weighted by Gasteiger charge is 2.25. The van der Waals surface area contributed by atoms with Crippen LogP contribution in [0.25, 0.3) is 0 Å². The molecule has 1 N–H and O–H groups in total. The van der Waals surface area contributed by atoms with E-state index in [1.807, 2.05) is 32.8 Å². The first kappa shape index (κ1) is 19.9. The summed E-state index contributed by atoms with van der Waals surface area (Å²) in [5, 5.41) is 3.12. The van der Waals surface area contributed by atoms with E-state index in [1.165, 1.54) is 11.3 Å². The van der Waals surface area contributed by atoms with E-state index in [1.54, 1.807) is 18.0 Å². The molecule has 0 radical (unpaired) electrons. The quantitative estimate of drug-likeness (QED) is 0.808. The Balaban J connectivity index is 2.06. The smallest absolute Gasteiger partial charge is 0.261 e. The van der Waals surface area contributed by atoms with Gasteiger partial charge in [-0.1, -0.05) is 0 Å². The zero-order chi connectivity index (χ0) is 18.7. The first-order valence-corrected chi connectivity index (χ1v) is 9.55. The molecule has 1 aliphatic heterocycles. The Hall–Kier alpha value is -1.44. The Labute approximate surface area is 154 Å². The highest BCUT2D eigenvalue weighted by atomic mass is 32.1. The lowest BCUT2D eigenvalue weighted by atomic mass is 10.1. The van der Waals surface area contributed by atoms with E-state index in [-0.39, 0.29) is 24.0 Å². The lowest BCUT2D eigenvalue weighted by molar-refractivity contribution is 0.0586. The summed E-state index contributed by atoms with van der Waals surface area (Å²) in [7, 11) is 7.77. The molecule has 0 aliphatic carbocycles. The molecule has 1 atom stereocenters. The number of thiophene rings is 1. The van der Waals surface area contributed by atoms with Gasteiger partial charge in [-0.15, -0.1) is 11.3 Å². The topological polar surface area (TPSA) is 55.9 Å². The number of rotatable bonds is 5. The molecule has 7 heteroatoms. The van der Waals surface area contributed by atoms with Gasteiger partial charge in [0.1, 0.15) is 0 Å². The summed E-state index contributed by atoms with van der Waals surface area (Å²) in [5.74, 6) is -0.113. The van der Waals surface area contributed by atoms with Crippen LogP contribution in [0.5, 0.6) is 0 Å². The van der Waals surface area contributed by atoms with Crippen LogP contribution in [0.3, 0.4) is 0 Å². The second-order valence-corrected chi connectivity index (χ2v) is 8.40. The Bertz CT molecular complexity index is 621. The van der Waals surface area contributed by atoms with Crippen molar-refractivity contribution >= 4 is 23.2 Å². The van der Waals surface area contributed by atoms with E-state index in [2.05, 4.69) is 17.3 Å². The molecule has 6 nitrogen and oxygen atoms in total. The first-order valence-electron chi connectivity index (χ1n) is 8.74. The molecule has 1 aromatic rings. The SMILES string of the molecule is Cc1sc(C(=O)NC2CCN(C)CC2)cc1C(=O)N(C)C(C)N(C)C. The molecule has 2 amide bonds. The molecule has 25 heavy (non-hydrogen) atoms. The van der Waals surface area contributed by atoms with Gasteiger partial charge in [0.15, 0.2) is 0 Å². The zero-order valence-corrected chi connectivity index (χ0v) is 16.9. The van der Waals surface area contributed by atoms with Gasteiger partial charge in [0, 0.05) is 18.0 Å². The molecule has 0 aromatic carbocycles. The molecule has 1 saturated heterocycles. The van der Waals surface area contributed by atoms with Gasteiger partial charge in [-0.2, -0.15) is 0 Å². The fourth-order valence-electron chi connectivity index (χ4n) is 2.92. The summed E-state index contributed by atoms with van der Waals surface area (Å²) < 4.78 is 0. The van der Waals surface area contributed by atoms with E-state index >= 15 is 0 Å².